The summed E-state index contributed by atoms with van der Waals surface area (Å²) < 4.78 is 0. The minimum absolute atomic E-state index is 0.0471. The molecule has 0 aliphatic heterocycles. The second-order valence-electron chi connectivity index (χ2n) is 11.9. The number of carbonyl (C=O) groups is 1. The highest BCUT2D eigenvalue weighted by molar-refractivity contribution is 5.76. The Kier molecular flexibility index (Phi) is 31.5. The zero-order valence-electron chi connectivity index (χ0n) is 26.9. The van der Waals surface area contributed by atoms with Gasteiger partial charge < -0.3 is 15.5 Å². The summed E-state index contributed by atoms with van der Waals surface area (Å²) in [5, 5.41) is 23.0. The van der Waals surface area contributed by atoms with Crippen molar-refractivity contribution in [2.45, 2.75) is 193 Å². The third kappa shape index (κ3) is 28.4. The van der Waals surface area contributed by atoms with Gasteiger partial charge in [-0.15, -0.1) is 0 Å². The van der Waals surface area contributed by atoms with Gasteiger partial charge in [-0.2, -0.15) is 0 Å². The summed E-state index contributed by atoms with van der Waals surface area (Å²) >= 11 is 0. The van der Waals surface area contributed by atoms with E-state index in [1.165, 1.54) is 109 Å². The third-order valence-electron chi connectivity index (χ3n) is 7.97. The fraction of sp³-hybridized carbons (Fsp3) is 0.861. The predicted molar refractivity (Wildman–Crippen MR) is 175 cm³/mol. The lowest BCUT2D eigenvalue weighted by molar-refractivity contribution is -0.123. The second-order valence-corrected chi connectivity index (χ2v) is 11.9. The highest BCUT2D eigenvalue weighted by Gasteiger charge is 2.19. The van der Waals surface area contributed by atoms with Gasteiger partial charge in [-0.3, -0.25) is 4.79 Å². The van der Waals surface area contributed by atoms with E-state index in [1.807, 2.05) is 0 Å². The number of nitrogens with one attached hydrogen (secondary N) is 1. The average molecular weight is 564 g/mol. The predicted octanol–water partition coefficient (Wildman–Crippen LogP) is 10.1. The maximum absolute atomic E-state index is 12.3. The Bertz CT molecular complexity index is 574. The van der Waals surface area contributed by atoms with Crippen molar-refractivity contribution in [1.82, 2.24) is 5.32 Å². The summed E-state index contributed by atoms with van der Waals surface area (Å²) in [6.07, 6.45) is 39.3. The van der Waals surface area contributed by atoms with Crippen LogP contribution in [0, 0.1) is 0 Å². The van der Waals surface area contributed by atoms with Crippen LogP contribution in [0.15, 0.2) is 24.3 Å². The molecule has 0 unspecified atom stereocenters. The molecule has 3 N–H and O–H groups in total. The Labute approximate surface area is 249 Å². The minimum Gasteiger partial charge on any atom is -0.394 e. The molecule has 0 heterocycles. The van der Waals surface area contributed by atoms with Gasteiger partial charge >= 0.3 is 0 Å². The normalized spacial score (nSPS) is 13.4. The van der Waals surface area contributed by atoms with E-state index in [-0.39, 0.29) is 12.5 Å². The average Bonchev–Trinajstić information content (AvgIpc) is 2.96. The van der Waals surface area contributed by atoms with Crippen molar-refractivity contribution < 1.29 is 15.0 Å². The molecule has 4 heteroatoms. The van der Waals surface area contributed by atoms with Gasteiger partial charge in [-0.25, -0.2) is 0 Å². The number of hydrogen-bond acceptors (Lipinski definition) is 3. The molecule has 0 aliphatic rings. The summed E-state index contributed by atoms with van der Waals surface area (Å²) in [4.78, 5) is 12.3. The zero-order chi connectivity index (χ0) is 29.4. The molecule has 4 nitrogen and oxygen atoms in total. The Morgan fingerprint density at radius 1 is 0.600 bits per heavy atom. The molecule has 0 rings (SSSR count). The van der Waals surface area contributed by atoms with Gasteiger partial charge in [0.2, 0.25) is 5.91 Å². The van der Waals surface area contributed by atoms with Gasteiger partial charge in [-0.1, -0.05) is 154 Å². The van der Waals surface area contributed by atoms with Crippen molar-refractivity contribution in [3.8, 4) is 0 Å². The number of hydrogen-bond donors (Lipinski definition) is 3. The van der Waals surface area contributed by atoms with E-state index in [0.29, 0.717) is 12.8 Å². The highest BCUT2D eigenvalue weighted by Crippen LogP contribution is 2.14. The molecule has 0 radical (unpaired) electrons. The SMILES string of the molecule is CCCCCC=CCC=CCCCCCCCC(=O)N[C@@H](CO)[C@H](O)CCCCCCCCCCCCCCC. The summed E-state index contributed by atoms with van der Waals surface area (Å²) in [5.74, 6) is -0.0471. The summed E-state index contributed by atoms with van der Waals surface area (Å²) in [5.41, 5.74) is 0. The first-order chi connectivity index (χ1) is 19.7. The molecule has 0 aliphatic carbocycles. The highest BCUT2D eigenvalue weighted by atomic mass is 16.3. The maximum atomic E-state index is 12.3. The number of unbranched alkanes of at least 4 members (excludes halogenated alkanes) is 20. The molecule has 0 spiro atoms. The van der Waals surface area contributed by atoms with E-state index in [4.69, 9.17) is 0 Å². The van der Waals surface area contributed by atoms with Gasteiger partial charge in [0.1, 0.15) is 0 Å². The molecule has 0 aromatic carbocycles. The molecule has 0 saturated carbocycles. The summed E-state index contributed by atoms with van der Waals surface area (Å²) in [7, 11) is 0. The Morgan fingerprint density at radius 2 is 1.02 bits per heavy atom. The molecule has 1 amide bonds. The van der Waals surface area contributed by atoms with E-state index in [0.717, 1.165) is 44.9 Å². The second kappa shape index (κ2) is 32.4. The lowest BCUT2D eigenvalue weighted by Gasteiger charge is -2.22. The van der Waals surface area contributed by atoms with Crippen LogP contribution in [0.5, 0.6) is 0 Å². The van der Waals surface area contributed by atoms with Gasteiger partial charge in [0, 0.05) is 6.42 Å². The van der Waals surface area contributed by atoms with Crippen molar-refractivity contribution in [2.75, 3.05) is 6.61 Å². The third-order valence-corrected chi connectivity index (χ3v) is 7.97. The number of rotatable bonds is 31. The van der Waals surface area contributed by atoms with Crippen LogP contribution in [-0.2, 0) is 4.79 Å². The standard InChI is InChI=1S/C36H69NO3/c1-3-5-7-9-11-13-15-17-18-20-22-24-26-28-30-32-36(40)37-34(33-38)35(39)31-29-27-25-23-21-19-16-14-12-10-8-6-4-2/h11,13,17-18,34-35,38-39H,3-10,12,14-16,19-33H2,1-2H3,(H,37,40)/t34-,35+/m0/s1. The molecule has 0 fully saturated rings. The van der Waals surface area contributed by atoms with Crippen molar-refractivity contribution in [3.63, 3.8) is 0 Å². The van der Waals surface area contributed by atoms with Crippen molar-refractivity contribution >= 4 is 5.91 Å². The molecule has 0 aromatic heterocycles. The van der Waals surface area contributed by atoms with Crippen LogP contribution in [0.2, 0.25) is 0 Å². The van der Waals surface area contributed by atoms with E-state index < -0.39 is 12.1 Å². The van der Waals surface area contributed by atoms with Crippen LogP contribution >= 0.6 is 0 Å². The number of allylic oxidation sites excluding steroid dienone is 4. The summed E-state index contributed by atoms with van der Waals surface area (Å²) in [6.45, 7) is 4.31. The van der Waals surface area contributed by atoms with Gasteiger partial charge in [0.05, 0.1) is 18.8 Å². The molecule has 236 valence electrons. The van der Waals surface area contributed by atoms with Crippen LogP contribution in [-0.4, -0.2) is 34.9 Å². The zero-order valence-corrected chi connectivity index (χ0v) is 26.9. The smallest absolute Gasteiger partial charge is 0.220 e. The molecule has 0 bridgehead atoms. The first-order valence-electron chi connectivity index (χ1n) is 17.5. The minimum atomic E-state index is -0.661. The topological polar surface area (TPSA) is 69.6 Å². The van der Waals surface area contributed by atoms with Gasteiger partial charge in [0.15, 0.2) is 0 Å². The van der Waals surface area contributed by atoms with E-state index in [1.54, 1.807) is 0 Å². The number of aliphatic hydroxyl groups is 2. The largest absolute Gasteiger partial charge is 0.394 e. The van der Waals surface area contributed by atoms with Crippen LogP contribution in [0.1, 0.15) is 181 Å². The first kappa shape index (κ1) is 38.9. The van der Waals surface area contributed by atoms with E-state index in [2.05, 4.69) is 43.5 Å². The molecular weight excluding hydrogens is 494 g/mol. The molecular formula is C36H69NO3. The van der Waals surface area contributed by atoms with Crippen LogP contribution < -0.4 is 5.32 Å². The number of aliphatic hydroxyl groups excluding tert-OH is 2. The Morgan fingerprint density at radius 3 is 1.55 bits per heavy atom. The summed E-state index contributed by atoms with van der Waals surface area (Å²) in [6, 6.07) is -0.539. The Balaban J connectivity index is 3.61. The number of carbonyl (C=O) groups excluding carboxylic acids is 1. The van der Waals surface area contributed by atoms with E-state index >= 15 is 0 Å². The van der Waals surface area contributed by atoms with Crippen LogP contribution in [0.25, 0.3) is 0 Å². The van der Waals surface area contributed by atoms with Crippen molar-refractivity contribution in [3.05, 3.63) is 24.3 Å². The van der Waals surface area contributed by atoms with Gasteiger partial charge in [0.25, 0.3) is 0 Å². The van der Waals surface area contributed by atoms with E-state index in [9.17, 15) is 15.0 Å². The van der Waals surface area contributed by atoms with Gasteiger partial charge in [-0.05, 0) is 44.9 Å². The molecule has 0 saturated heterocycles. The quantitative estimate of drug-likeness (QED) is 0.0580. The first-order valence-corrected chi connectivity index (χ1v) is 17.5. The lowest BCUT2D eigenvalue weighted by atomic mass is 10.0. The molecule has 2 atom stereocenters. The fourth-order valence-corrected chi connectivity index (χ4v) is 5.21. The van der Waals surface area contributed by atoms with Crippen LogP contribution in [0.3, 0.4) is 0 Å². The lowest BCUT2D eigenvalue weighted by Crippen LogP contribution is -2.45. The fourth-order valence-electron chi connectivity index (χ4n) is 5.21. The van der Waals surface area contributed by atoms with Crippen molar-refractivity contribution in [1.29, 1.82) is 0 Å². The van der Waals surface area contributed by atoms with Crippen LogP contribution in [0.4, 0.5) is 0 Å². The monoisotopic (exact) mass is 564 g/mol. The number of amides is 1. The van der Waals surface area contributed by atoms with Crippen molar-refractivity contribution in [2.24, 2.45) is 0 Å². The maximum Gasteiger partial charge on any atom is 0.220 e. The molecule has 40 heavy (non-hydrogen) atoms. The Hall–Kier alpha value is -1.13. The molecule has 0 aromatic rings.